The van der Waals surface area contributed by atoms with E-state index in [2.05, 4.69) is 9.72 Å². The summed E-state index contributed by atoms with van der Waals surface area (Å²) < 4.78 is 9.96. The average molecular weight is 370 g/mol. The maximum atomic E-state index is 12.5. The summed E-state index contributed by atoms with van der Waals surface area (Å²) in [5.41, 5.74) is -0.501. The van der Waals surface area contributed by atoms with Crippen LogP contribution in [0, 0.1) is 5.92 Å². The SMILES string of the molecule is COC(=O)c1csc(C(=O)C[C@H](C(C)C)N(C)C(=O)OC(C)(C)C)n1. The molecule has 0 aliphatic carbocycles. The van der Waals surface area contributed by atoms with E-state index in [9.17, 15) is 14.4 Å². The monoisotopic (exact) mass is 370 g/mol. The number of carbonyl (C=O) groups is 3. The molecule has 1 rings (SSSR count). The van der Waals surface area contributed by atoms with Crippen LogP contribution in [0.5, 0.6) is 0 Å². The number of amides is 1. The third-order valence-corrected chi connectivity index (χ3v) is 4.36. The summed E-state index contributed by atoms with van der Waals surface area (Å²) in [7, 11) is 2.88. The lowest BCUT2D eigenvalue weighted by molar-refractivity contribution is 0.0173. The molecule has 140 valence electrons. The van der Waals surface area contributed by atoms with Crippen molar-refractivity contribution < 1.29 is 23.9 Å². The van der Waals surface area contributed by atoms with Crippen LogP contribution in [0.4, 0.5) is 4.79 Å². The van der Waals surface area contributed by atoms with Crippen molar-refractivity contribution in [3.63, 3.8) is 0 Å². The highest BCUT2D eigenvalue weighted by Crippen LogP contribution is 2.21. The minimum Gasteiger partial charge on any atom is -0.464 e. The van der Waals surface area contributed by atoms with Crippen LogP contribution in [-0.2, 0) is 9.47 Å². The smallest absolute Gasteiger partial charge is 0.410 e. The molecule has 0 N–H and O–H groups in total. The van der Waals surface area contributed by atoms with Crippen molar-refractivity contribution >= 4 is 29.2 Å². The van der Waals surface area contributed by atoms with Crippen LogP contribution in [0.25, 0.3) is 0 Å². The molecule has 1 aromatic rings. The highest BCUT2D eigenvalue weighted by Gasteiger charge is 2.30. The predicted molar refractivity (Wildman–Crippen MR) is 95.0 cm³/mol. The number of nitrogens with zero attached hydrogens (tertiary/aromatic N) is 2. The highest BCUT2D eigenvalue weighted by atomic mass is 32.1. The maximum absolute atomic E-state index is 12.5. The molecule has 0 unspecified atom stereocenters. The van der Waals surface area contributed by atoms with Crippen molar-refractivity contribution in [2.45, 2.75) is 52.7 Å². The zero-order valence-electron chi connectivity index (χ0n) is 15.8. The second kappa shape index (κ2) is 8.42. The van der Waals surface area contributed by atoms with Crippen molar-refractivity contribution in [3.8, 4) is 0 Å². The first-order valence-corrected chi connectivity index (χ1v) is 8.87. The summed E-state index contributed by atoms with van der Waals surface area (Å²) in [5, 5.41) is 1.71. The number of hydrogen-bond acceptors (Lipinski definition) is 7. The molecule has 0 aromatic carbocycles. The fourth-order valence-corrected chi connectivity index (χ4v) is 2.90. The van der Waals surface area contributed by atoms with Gasteiger partial charge in [-0.3, -0.25) is 4.79 Å². The molecule has 8 heteroatoms. The van der Waals surface area contributed by atoms with E-state index >= 15 is 0 Å². The number of ether oxygens (including phenoxy) is 2. The van der Waals surface area contributed by atoms with Crippen molar-refractivity contribution in [3.05, 3.63) is 16.1 Å². The molecule has 0 fully saturated rings. The van der Waals surface area contributed by atoms with Gasteiger partial charge in [-0.1, -0.05) is 13.8 Å². The minimum atomic E-state index is -0.610. The number of Topliss-reactive ketones (excluding diaryl/α,β-unsaturated/α-hetero) is 1. The first kappa shape index (κ1) is 21.1. The Bertz CT molecular complexity index is 633. The first-order chi connectivity index (χ1) is 11.5. The largest absolute Gasteiger partial charge is 0.464 e. The molecule has 1 atom stereocenters. The van der Waals surface area contributed by atoms with Gasteiger partial charge in [0.2, 0.25) is 0 Å². The summed E-state index contributed by atoms with van der Waals surface area (Å²) in [6.45, 7) is 9.23. The van der Waals surface area contributed by atoms with E-state index in [1.54, 1.807) is 27.8 Å². The van der Waals surface area contributed by atoms with E-state index in [1.165, 1.54) is 17.4 Å². The molecular formula is C17H26N2O5S. The van der Waals surface area contributed by atoms with Gasteiger partial charge >= 0.3 is 12.1 Å². The second-order valence-corrected chi connectivity index (χ2v) is 7.92. The van der Waals surface area contributed by atoms with Gasteiger partial charge in [0.05, 0.1) is 7.11 Å². The number of thiazole rings is 1. The lowest BCUT2D eigenvalue weighted by Gasteiger charge is -2.32. The van der Waals surface area contributed by atoms with Crippen molar-refractivity contribution in [1.29, 1.82) is 0 Å². The van der Waals surface area contributed by atoms with Gasteiger partial charge in [0.1, 0.15) is 5.60 Å². The van der Waals surface area contributed by atoms with E-state index < -0.39 is 17.7 Å². The van der Waals surface area contributed by atoms with E-state index in [0.717, 1.165) is 11.3 Å². The molecule has 0 spiro atoms. The Morgan fingerprint density at radius 1 is 1.28 bits per heavy atom. The molecule has 0 saturated carbocycles. The van der Waals surface area contributed by atoms with Crippen LogP contribution in [0.15, 0.2) is 5.38 Å². The molecule has 0 aliphatic rings. The number of hydrogen-bond donors (Lipinski definition) is 0. The van der Waals surface area contributed by atoms with Gasteiger partial charge in [0, 0.05) is 24.9 Å². The summed E-state index contributed by atoms with van der Waals surface area (Å²) in [6.07, 6.45) is -0.380. The van der Waals surface area contributed by atoms with Gasteiger partial charge in [0.25, 0.3) is 0 Å². The molecule has 1 amide bonds. The van der Waals surface area contributed by atoms with Crippen LogP contribution in [0.1, 0.15) is 61.3 Å². The molecule has 25 heavy (non-hydrogen) atoms. The topological polar surface area (TPSA) is 85.8 Å². The van der Waals surface area contributed by atoms with Crippen LogP contribution < -0.4 is 0 Å². The predicted octanol–water partition coefficient (Wildman–Crippen LogP) is 3.39. The van der Waals surface area contributed by atoms with E-state index in [-0.39, 0.29) is 34.9 Å². The van der Waals surface area contributed by atoms with E-state index in [1.807, 2.05) is 13.8 Å². The van der Waals surface area contributed by atoms with Crippen LogP contribution in [0.2, 0.25) is 0 Å². The Hall–Kier alpha value is -1.96. The molecule has 1 heterocycles. The standard InChI is InChI=1S/C17H26N2O5S/c1-10(2)12(19(6)16(22)24-17(3,4)5)8-13(20)14-18-11(9-25-14)15(21)23-7/h9-10,12H,8H2,1-7H3/t12-/m1/s1. The van der Waals surface area contributed by atoms with Gasteiger partial charge in [-0.25, -0.2) is 14.6 Å². The Kier molecular flexibility index (Phi) is 7.10. The van der Waals surface area contributed by atoms with Gasteiger partial charge in [-0.2, -0.15) is 0 Å². The summed E-state index contributed by atoms with van der Waals surface area (Å²) >= 11 is 1.09. The Labute approximate surface area is 152 Å². The number of esters is 1. The molecule has 0 aliphatic heterocycles. The maximum Gasteiger partial charge on any atom is 0.410 e. The lowest BCUT2D eigenvalue weighted by Crippen LogP contribution is -2.44. The van der Waals surface area contributed by atoms with Crippen molar-refractivity contribution in [1.82, 2.24) is 9.88 Å². The number of rotatable bonds is 6. The van der Waals surface area contributed by atoms with Gasteiger partial charge in [0.15, 0.2) is 16.5 Å². The van der Waals surface area contributed by atoms with Gasteiger partial charge < -0.3 is 14.4 Å². The third-order valence-electron chi connectivity index (χ3n) is 3.48. The highest BCUT2D eigenvalue weighted by molar-refractivity contribution is 7.11. The fraction of sp³-hybridized carbons (Fsp3) is 0.647. The Morgan fingerprint density at radius 3 is 2.36 bits per heavy atom. The normalized spacial score (nSPS) is 12.6. The first-order valence-electron chi connectivity index (χ1n) is 7.99. The molecule has 7 nitrogen and oxygen atoms in total. The number of aromatic nitrogens is 1. The Balaban J connectivity index is 2.87. The fourth-order valence-electron chi connectivity index (χ4n) is 2.17. The zero-order chi connectivity index (χ0) is 19.4. The van der Waals surface area contributed by atoms with Crippen LogP contribution >= 0.6 is 11.3 Å². The molecular weight excluding hydrogens is 344 g/mol. The zero-order valence-corrected chi connectivity index (χ0v) is 16.6. The Morgan fingerprint density at radius 2 is 1.88 bits per heavy atom. The number of ketones is 1. The van der Waals surface area contributed by atoms with Gasteiger partial charge in [-0.15, -0.1) is 11.3 Å². The lowest BCUT2D eigenvalue weighted by atomic mass is 9.97. The van der Waals surface area contributed by atoms with Gasteiger partial charge in [-0.05, 0) is 26.7 Å². The van der Waals surface area contributed by atoms with Crippen LogP contribution in [-0.4, -0.2) is 53.5 Å². The summed E-state index contributed by atoms with van der Waals surface area (Å²) in [5.74, 6) is -0.766. The number of methoxy groups -OCH3 is 1. The van der Waals surface area contributed by atoms with E-state index in [4.69, 9.17) is 4.74 Å². The quantitative estimate of drug-likeness (QED) is 0.563. The number of carbonyl (C=O) groups excluding carboxylic acids is 3. The molecule has 0 radical (unpaired) electrons. The third kappa shape index (κ3) is 6.12. The molecule has 0 bridgehead atoms. The molecule has 1 aromatic heterocycles. The summed E-state index contributed by atoms with van der Waals surface area (Å²) in [4.78, 5) is 41.7. The van der Waals surface area contributed by atoms with Crippen molar-refractivity contribution in [2.75, 3.05) is 14.2 Å². The average Bonchev–Trinajstić information content (AvgIpc) is 2.98. The second-order valence-electron chi connectivity index (χ2n) is 7.06. The van der Waals surface area contributed by atoms with Crippen LogP contribution in [0.3, 0.4) is 0 Å². The molecule has 0 saturated heterocycles. The summed E-state index contributed by atoms with van der Waals surface area (Å²) in [6, 6.07) is -0.340. The minimum absolute atomic E-state index is 0.0431. The van der Waals surface area contributed by atoms with Crippen molar-refractivity contribution in [2.24, 2.45) is 5.92 Å². The van der Waals surface area contributed by atoms with E-state index in [0.29, 0.717) is 0 Å².